The first-order valence-electron chi connectivity index (χ1n) is 2.05. The van der Waals surface area contributed by atoms with Gasteiger partial charge in [0.1, 0.15) is 0 Å². The Morgan fingerprint density at radius 2 is 2.33 bits per heavy atom. The number of nitrogens with zero attached hydrogens (tertiary/aromatic N) is 1. The normalized spacial score (nSPS) is 19.3. The van der Waals surface area contributed by atoms with Gasteiger partial charge in [0.25, 0.3) is 0 Å². The zero-order chi connectivity index (χ0) is 4.41. The standard InChI is InChI=1S/C4H6N2/c5-3-6-4-1-2-4/h4-5H,1-2H2. The maximum atomic E-state index is 6.36. The van der Waals surface area contributed by atoms with Crippen LogP contribution in [0.1, 0.15) is 12.8 Å². The van der Waals surface area contributed by atoms with E-state index in [1.165, 1.54) is 12.8 Å². The molecule has 2 heteroatoms. The number of hydrogen-bond donors (Lipinski definition) is 1. The van der Waals surface area contributed by atoms with Crippen molar-refractivity contribution < 1.29 is 0 Å². The van der Waals surface area contributed by atoms with Crippen molar-refractivity contribution in [1.82, 2.24) is 0 Å². The van der Waals surface area contributed by atoms with Crippen molar-refractivity contribution >= 4 is 6.01 Å². The van der Waals surface area contributed by atoms with Gasteiger partial charge in [-0.2, -0.15) is 0 Å². The van der Waals surface area contributed by atoms with Crippen LogP contribution in [0.3, 0.4) is 0 Å². The molecule has 0 atom stereocenters. The van der Waals surface area contributed by atoms with Crippen molar-refractivity contribution in [1.29, 1.82) is 5.41 Å². The smallest absolute Gasteiger partial charge is 0.0864 e. The van der Waals surface area contributed by atoms with Gasteiger partial charge in [-0.05, 0) is 12.8 Å². The molecule has 0 saturated heterocycles. The van der Waals surface area contributed by atoms with Crippen LogP contribution in [0.5, 0.6) is 0 Å². The molecule has 0 bridgehead atoms. The number of aliphatic imine (C=N–C) groups is 1. The molecule has 6 heavy (non-hydrogen) atoms. The van der Waals surface area contributed by atoms with Crippen molar-refractivity contribution in [3.05, 3.63) is 0 Å². The molecule has 1 saturated carbocycles. The summed E-state index contributed by atoms with van der Waals surface area (Å²) in [6.07, 6.45) is 2.35. The highest BCUT2D eigenvalue weighted by atomic mass is 14.8. The Kier molecular flexibility index (Phi) is 0.731. The SMILES string of the molecule is N=C=NC1CC1. The van der Waals surface area contributed by atoms with E-state index < -0.39 is 0 Å². The quantitative estimate of drug-likeness (QED) is 0.456. The molecule has 0 aromatic rings. The molecule has 1 fully saturated rings. The fraction of sp³-hybridized carbons (Fsp3) is 0.750. The van der Waals surface area contributed by atoms with Gasteiger partial charge in [-0.25, -0.2) is 10.4 Å². The van der Waals surface area contributed by atoms with Crippen LogP contribution >= 0.6 is 0 Å². The van der Waals surface area contributed by atoms with E-state index in [1.54, 1.807) is 0 Å². The van der Waals surface area contributed by atoms with Crippen molar-refractivity contribution in [3.8, 4) is 0 Å². The van der Waals surface area contributed by atoms with Crippen LogP contribution in [-0.2, 0) is 0 Å². The monoisotopic (exact) mass is 82.1 g/mol. The Morgan fingerprint density at radius 3 is 2.50 bits per heavy atom. The average molecular weight is 82.1 g/mol. The van der Waals surface area contributed by atoms with Gasteiger partial charge >= 0.3 is 0 Å². The van der Waals surface area contributed by atoms with Gasteiger partial charge in [-0.3, -0.25) is 0 Å². The molecule has 1 aliphatic carbocycles. The summed E-state index contributed by atoms with van der Waals surface area (Å²) in [7, 11) is 0. The molecule has 0 amide bonds. The maximum Gasteiger partial charge on any atom is 0.0864 e. The predicted octanol–water partition coefficient (Wildman–Crippen LogP) is 0.901. The lowest BCUT2D eigenvalue weighted by Crippen LogP contribution is -1.65. The number of rotatable bonds is 1. The fourth-order valence-corrected chi connectivity index (χ4v) is 0.295. The highest BCUT2D eigenvalue weighted by Gasteiger charge is 2.18. The van der Waals surface area contributed by atoms with Gasteiger partial charge in [0, 0.05) is 0 Å². The Hall–Kier alpha value is -0.620. The lowest BCUT2D eigenvalue weighted by molar-refractivity contribution is 1.07. The highest BCUT2D eigenvalue weighted by molar-refractivity contribution is 5.36. The third kappa shape index (κ3) is 0.661. The van der Waals surface area contributed by atoms with Crippen LogP contribution in [0.2, 0.25) is 0 Å². The molecule has 0 aromatic carbocycles. The second kappa shape index (κ2) is 1.23. The summed E-state index contributed by atoms with van der Waals surface area (Å²) >= 11 is 0. The van der Waals surface area contributed by atoms with E-state index in [0.29, 0.717) is 6.04 Å². The van der Waals surface area contributed by atoms with E-state index in [-0.39, 0.29) is 0 Å². The molecule has 1 rings (SSSR count). The van der Waals surface area contributed by atoms with Crippen LogP contribution < -0.4 is 0 Å². The average Bonchev–Trinajstić information content (AvgIpc) is 2.21. The van der Waals surface area contributed by atoms with E-state index >= 15 is 0 Å². The molecule has 0 unspecified atom stereocenters. The lowest BCUT2D eigenvalue weighted by atomic mass is 10.8. The summed E-state index contributed by atoms with van der Waals surface area (Å²) in [5.74, 6) is 0. The summed E-state index contributed by atoms with van der Waals surface area (Å²) in [6, 6.07) is 2.48. The van der Waals surface area contributed by atoms with Crippen molar-refractivity contribution in [2.75, 3.05) is 0 Å². The van der Waals surface area contributed by atoms with Gasteiger partial charge in [0.15, 0.2) is 0 Å². The second-order valence-corrected chi connectivity index (χ2v) is 1.47. The summed E-state index contributed by atoms with van der Waals surface area (Å²) in [6.45, 7) is 0. The van der Waals surface area contributed by atoms with Crippen LogP contribution in [0, 0.1) is 5.41 Å². The van der Waals surface area contributed by atoms with Crippen molar-refractivity contribution in [3.63, 3.8) is 0 Å². The first-order chi connectivity index (χ1) is 2.93. The predicted molar refractivity (Wildman–Crippen MR) is 23.2 cm³/mol. The molecule has 0 spiro atoms. The molecule has 1 aliphatic rings. The molecule has 1 N–H and O–H groups in total. The van der Waals surface area contributed by atoms with Crippen LogP contribution in [-0.4, -0.2) is 12.1 Å². The summed E-state index contributed by atoms with van der Waals surface area (Å²) in [5, 5.41) is 6.36. The van der Waals surface area contributed by atoms with Gasteiger partial charge in [0.2, 0.25) is 0 Å². The second-order valence-electron chi connectivity index (χ2n) is 1.47. The Labute approximate surface area is 36.4 Å². The molecule has 0 aliphatic heterocycles. The minimum Gasteiger partial charge on any atom is -0.242 e. The molecule has 0 radical (unpaired) electrons. The summed E-state index contributed by atoms with van der Waals surface area (Å²) in [5.41, 5.74) is 0. The molecular formula is C4H6N2. The molecule has 0 aromatic heterocycles. The van der Waals surface area contributed by atoms with E-state index in [4.69, 9.17) is 5.41 Å². The first-order valence-corrected chi connectivity index (χ1v) is 2.05. The Balaban J connectivity index is 2.33. The Bertz CT molecular complexity index is 87.7. The van der Waals surface area contributed by atoms with Crippen LogP contribution in [0.4, 0.5) is 0 Å². The summed E-state index contributed by atoms with van der Waals surface area (Å²) in [4.78, 5) is 3.65. The zero-order valence-electron chi connectivity index (χ0n) is 3.44. The summed E-state index contributed by atoms with van der Waals surface area (Å²) < 4.78 is 0. The topological polar surface area (TPSA) is 36.2 Å². The lowest BCUT2D eigenvalue weighted by Gasteiger charge is -1.65. The molecule has 0 heterocycles. The first kappa shape index (κ1) is 3.57. The third-order valence-corrected chi connectivity index (χ3v) is 0.794. The number of hydrogen-bond acceptors (Lipinski definition) is 2. The van der Waals surface area contributed by atoms with Crippen molar-refractivity contribution in [2.24, 2.45) is 4.99 Å². The van der Waals surface area contributed by atoms with Gasteiger partial charge in [-0.1, -0.05) is 0 Å². The van der Waals surface area contributed by atoms with Crippen LogP contribution in [0.25, 0.3) is 0 Å². The molecular weight excluding hydrogens is 76.1 g/mol. The highest BCUT2D eigenvalue weighted by Crippen LogP contribution is 2.22. The van der Waals surface area contributed by atoms with Gasteiger partial charge in [-0.15, -0.1) is 0 Å². The minimum absolute atomic E-state index is 0.475. The van der Waals surface area contributed by atoms with Crippen molar-refractivity contribution in [2.45, 2.75) is 18.9 Å². The van der Waals surface area contributed by atoms with E-state index in [2.05, 4.69) is 4.99 Å². The van der Waals surface area contributed by atoms with Gasteiger partial charge in [0.05, 0.1) is 12.1 Å². The molecule has 32 valence electrons. The Morgan fingerprint density at radius 1 is 1.67 bits per heavy atom. The largest absolute Gasteiger partial charge is 0.242 e. The molecule has 2 nitrogen and oxygen atoms in total. The third-order valence-electron chi connectivity index (χ3n) is 0.794. The maximum absolute atomic E-state index is 6.36. The van der Waals surface area contributed by atoms with E-state index in [0.717, 1.165) is 0 Å². The van der Waals surface area contributed by atoms with Crippen LogP contribution in [0.15, 0.2) is 4.99 Å². The van der Waals surface area contributed by atoms with Gasteiger partial charge < -0.3 is 0 Å². The zero-order valence-corrected chi connectivity index (χ0v) is 3.44. The van der Waals surface area contributed by atoms with E-state index in [9.17, 15) is 0 Å². The van der Waals surface area contributed by atoms with E-state index in [1.807, 2.05) is 6.01 Å². The minimum atomic E-state index is 0.475. The number of nitrogens with one attached hydrogen (secondary N) is 1. The fourth-order valence-electron chi connectivity index (χ4n) is 0.295.